The molecule has 0 aliphatic heterocycles. The van der Waals surface area contributed by atoms with Crippen LogP contribution in [0.15, 0.2) is 0 Å². The van der Waals surface area contributed by atoms with Gasteiger partial charge in [0.1, 0.15) is 13.2 Å². The quantitative estimate of drug-likeness (QED) is 0.0365. The maximum absolute atomic E-state index is 12.8. The number of ether oxygens (including phenoxy) is 3. The minimum Gasteiger partial charge on any atom is -0.481 e. The van der Waals surface area contributed by atoms with Crippen LogP contribution in [0.1, 0.15) is 290 Å². The highest BCUT2D eigenvalue weighted by Gasteiger charge is 2.19. The molecule has 0 radical (unpaired) electrons. The van der Waals surface area contributed by atoms with Crippen molar-refractivity contribution >= 4 is 23.9 Å². The Hall–Kier alpha value is -2.12. The van der Waals surface area contributed by atoms with Crippen LogP contribution in [0.3, 0.4) is 0 Å². The van der Waals surface area contributed by atoms with Crippen molar-refractivity contribution < 1.29 is 38.5 Å². The lowest BCUT2D eigenvalue weighted by Crippen LogP contribution is -2.30. The van der Waals surface area contributed by atoms with Gasteiger partial charge < -0.3 is 19.3 Å². The van der Waals surface area contributed by atoms with E-state index in [9.17, 15) is 19.2 Å². The average Bonchev–Trinajstić information content (AvgIpc) is 3.23. The molecule has 0 heterocycles. The molecule has 0 bridgehead atoms. The monoisotopic (exact) mass is 851 g/mol. The number of carbonyl (C=O) groups excluding carboxylic acids is 3. The highest BCUT2D eigenvalue weighted by Crippen LogP contribution is 2.17. The number of hydrogen-bond donors (Lipinski definition) is 1. The SMILES string of the molecule is CCCCCCCCCCCCCCCC(=O)OCC(COC(=O)CCCCCCCCCCCCCCC)OC(=O)CCCCCCCCCCCCCCCC(=O)O. The Morgan fingerprint density at radius 1 is 0.317 bits per heavy atom. The van der Waals surface area contributed by atoms with Gasteiger partial charge in [0.2, 0.25) is 0 Å². The van der Waals surface area contributed by atoms with Crippen molar-refractivity contribution in [3.05, 3.63) is 0 Å². The number of carboxylic acids is 1. The van der Waals surface area contributed by atoms with Crippen LogP contribution in [0.5, 0.6) is 0 Å². The van der Waals surface area contributed by atoms with Gasteiger partial charge in [-0.3, -0.25) is 19.2 Å². The van der Waals surface area contributed by atoms with Crippen molar-refractivity contribution in [3.63, 3.8) is 0 Å². The van der Waals surface area contributed by atoms with E-state index in [2.05, 4.69) is 13.8 Å². The van der Waals surface area contributed by atoms with Crippen molar-refractivity contribution in [2.75, 3.05) is 13.2 Å². The second-order valence-electron chi connectivity index (χ2n) is 18.0. The molecule has 60 heavy (non-hydrogen) atoms. The molecule has 8 nitrogen and oxygen atoms in total. The molecule has 0 aromatic rings. The van der Waals surface area contributed by atoms with Crippen LogP contribution < -0.4 is 0 Å². The Morgan fingerprint density at radius 2 is 0.533 bits per heavy atom. The zero-order chi connectivity index (χ0) is 43.8. The van der Waals surface area contributed by atoms with E-state index >= 15 is 0 Å². The fourth-order valence-electron chi connectivity index (χ4n) is 7.94. The maximum Gasteiger partial charge on any atom is 0.306 e. The molecular weight excluding hydrogens is 753 g/mol. The van der Waals surface area contributed by atoms with Crippen LogP contribution in [0.4, 0.5) is 0 Å². The zero-order valence-corrected chi connectivity index (χ0v) is 39.7. The standard InChI is InChI=1S/C52H98O8/c1-3-5-7-9-11-13-15-18-23-27-31-35-39-43-50(55)58-46-48(47-59-51(56)44-40-36-32-28-24-19-16-14-12-10-8-6-4-2)60-52(57)45-41-37-33-29-25-21-17-20-22-26-30-34-38-42-49(53)54/h48H,3-47H2,1-2H3,(H,53,54). The van der Waals surface area contributed by atoms with Crippen molar-refractivity contribution in [2.24, 2.45) is 0 Å². The van der Waals surface area contributed by atoms with Crippen LogP contribution in [0, 0.1) is 0 Å². The number of unbranched alkanes of at least 4 members (excludes halogenated alkanes) is 36. The third-order valence-electron chi connectivity index (χ3n) is 11.9. The van der Waals surface area contributed by atoms with Gasteiger partial charge in [0.05, 0.1) is 0 Å². The van der Waals surface area contributed by atoms with Crippen LogP contribution in [0.2, 0.25) is 0 Å². The van der Waals surface area contributed by atoms with Gasteiger partial charge in [-0.2, -0.15) is 0 Å². The highest BCUT2D eigenvalue weighted by atomic mass is 16.6. The molecule has 0 aromatic heterocycles. The Labute approximate surface area is 370 Å². The first-order valence-corrected chi connectivity index (χ1v) is 26.1. The second kappa shape index (κ2) is 47.9. The van der Waals surface area contributed by atoms with E-state index < -0.39 is 12.1 Å². The third-order valence-corrected chi connectivity index (χ3v) is 11.9. The van der Waals surface area contributed by atoms with Crippen molar-refractivity contribution in [3.8, 4) is 0 Å². The van der Waals surface area contributed by atoms with Crippen molar-refractivity contribution in [1.29, 1.82) is 0 Å². The minimum absolute atomic E-state index is 0.0836. The highest BCUT2D eigenvalue weighted by molar-refractivity contribution is 5.71. The van der Waals surface area contributed by atoms with E-state index in [1.807, 2.05) is 0 Å². The molecule has 0 fully saturated rings. The third kappa shape index (κ3) is 46.9. The Morgan fingerprint density at radius 3 is 0.783 bits per heavy atom. The first kappa shape index (κ1) is 57.9. The number of rotatable bonds is 49. The molecule has 0 aromatic carbocycles. The molecule has 0 aliphatic rings. The predicted octanol–water partition coefficient (Wildman–Crippen LogP) is 15.9. The smallest absolute Gasteiger partial charge is 0.306 e. The summed E-state index contributed by atoms with van der Waals surface area (Å²) < 4.78 is 16.8. The van der Waals surface area contributed by atoms with E-state index in [0.29, 0.717) is 19.3 Å². The summed E-state index contributed by atoms with van der Waals surface area (Å²) >= 11 is 0. The largest absolute Gasteiger partial charge is 0.481 e. The number of carbonyl (C=O) groups is 4. The lowest BCUT2D eigenvalue weighted by Gasteiger charge is -2.18. The fraction of sp³-hybridized carbons (Fsp3) is 0.923. The average molecular weight is 851 g/mol. The van der Waals surface area contributed by atoms with Gasteiger partial charge in [-0.1, -0.05) is 239 Å². The van der Waals surface area contributed by atoms with E-state index in [1.165, 1.54) is 167 Å². The number of carboxylic acid groups (broad SMARTS) is 1. The molecule has 0 atom stereocenters. The molecule has 0 spiro atoms. The summed E-state index contributed by atoms with van der Waals surface area (Å²) in [6.45, 7) is 4.35. The molecule has 1 N–H and O–H groups in total. The first-order valence-electron chi connectivity index (χ1n) is 26.1. The van der Waals surface area contributed by atoms with Crippen LogP contribution in [0.25, 0.3) is 0 Å². The van der Waals surface area contributed by atoms with Crippen molar-refractivity contribution in [1.82, 2.24) is 0 Å². The summed E-state index contributed by atoms with van der Waals surface area (Å²) in [5.74, 6) is -1.60. The van der Waals surface area contributed by atoms with Crippen LogP contribution in [-0.4, -0.2) is 48.3 Å². The number of aliphatic carboxylic acids is 1. The summed E-state index contributed by atoms with van der Waals surface area (Å²) in [7, 11) is 0. The van der Waals surface area contributed by atoms with E-state index in [-0.39, 0.29) is 37.5 Å². The molecule has 0 saturated carbocycles. The summed E-state index contributed by atoms with van der Waals surface area (Å²) in [6, 6.07) is 0. The Kier molecular flexibility index (Phi) is 46.2. The molecule has 0 unspecified atom stereocenters. The fourth-order valence-corrected chi connectivity index (χ4v) is 7.94. The topological polar surface area (TPSA) is 116 Å². The Bertz CT molecular complexity index is 906. The molecule has 0 aliphatic carbocycles. The van der Waals surface area contributed by atoms with Gasteiger partial charge in [0, 0.05) is 25.7 Å². The molecule has 0 saturated heterocycles. The van der Waals surface area contributed by atoms with Gasteiger partial charge in [-0.15, -0.1) is 0 Å². The summed E-state index contributed by atoms with van der Waals surface area (Å²) in [4.78, 5) is 48.5. The van der Waals surface area contributed by atoms with Crippen LogP contribution >= 0.6 is 0 Å². The molecule has 0 amide bonds. The van der Waals surface area contributed by atoms with E-state index in [4.69, 9.17) is 19.3 Å². The normalized spacial score (nSPS) is 11.3. The molecule has 8 heteroatoms. The zero-order valence-electron chi connectivity index (χ0n) is 39.7. The van der Waals surface area contributed by atoms with Gasteiger partial charge in [-0.25, -0.2) is 0 Å². The van der Waals surface area contributed by atoms with Gasteiger partial charge in [-0.05, 0) is 25.7 Å². The summed E-state index contributed by atoms with van der Waals surface area (Å²) in [6.07, 6.45) is 47.3. The molecular formula is C52H98O8. The summed E-state index contributed by atoms with van der Waals surface area (Å²) in [5.41, 5.74) is 0. The lowest BCUT2D eigenvalue weighted by atomic mass is 10.0. The van der Waals surface area contributed by atoms with Crippen molar-refractivity contribution in [2.45, 2.75) is 296 Å². The van der Waals surface area contributed by atoms with E-state index in [0.717, 1.165) is 83.5 Å². The first-order chi connectivity index (χ1) is 29.4. The van der Waals surface area contributed by atoms with E-state index in [1.54, 1.807) is 0 Å². The minimum atomic E-state index is -0.784. The second-order valence-corrected chi connectivity index (χ2v) is 18.0. The summed E-state index contributed by atoms with van der Waals surface area (Å²) in [5, 5.41) is 8.71. The van der Waals surface area contributed by atoms with Gasteiger partial charge in [0.15, 0.2) is 6.10 Å². The maximum atomic E-state index is 12.8. The lowest BCUT2D eigenvalue weighted by molar-refractivity contribution is -0.167. The van der Waals surface area contributed by atoms with Gasteiger partial charge >= 0.3 is 23.9 Å². The van der Waals surface area contributed by atoms with Crippen LogP contribution in [-0.2, 0) is 33.4 Å². The Balaban J connectivity index is 4.31. The van der Waals surface area contributed by atoms with Gasteiger partial charge in [0.25, 0.3) is 0 Å². The molecule has 354 valence electrons. The molecule has 0 rings (SSSR count). The predicted molar refractivity (Wildman–Crippen MR) is 249 cm³/mol. The number of esters is 3. The number of hydrogen-bond acceptors (Lipinski definition) is 7.